The molecule has 1 heterocycles. The highest BCUT2D eigenvalue weighted by Gasteiger charge is 2.26. The largest absolute Gasteiger partial charge is 0.497 e. The van der Waals surface area contributed by atoms with E-state index in [4.69, 9.17) is 14.2 Å². The van der Waals surface area contributed by atoms with Gasteiger partial charge in [-0.25, -0.2) is 15.0 Å². The molecule has 0 radical (unpaired) electrons. The highest BCUT2D eigenvalue weighted by molar-refractivity contribution is 7.17. The Labute approximate surface area is 172 Å². The quantitative estimate of drug-likeness (QED) is 0.425. The van der Waals surface area contributed by atoms with Gasteiger partial charge in [0.2, 0.25) is 0 Å². The average Bonchev–Trinajstić information content (AvgIpc) is 3.10. The first-order valence-electron chi connectivity index (χ1n) is 9.12. The number of methoxy groups -OCH3 is 3. The van der Waals surface area contributed by atoms with Crippen LogP contribution in [0.25, 0.3) is 0 Å². The van der Waals surface area contributed by atoms with E-state index in [2.05, 4.69) is 15.8 Å². The molecule has 154 valence electrons. The number of anilines is 1. The fraction of sp³-hybridized carbons (Fsp3) is 0.350. The van der Waals surface area contributed by atoms with Crippen LogP contribution in [0.4, 0.5) is 9.80 Å². The van der Waals surface area contributed by atoms with Crippen LogP contribution in [0.2, 0.25) is 0 Å². The Morgan fingerprint density at radius 1 is 1.14 bits per heavy atom. The zero-order chi connectivity index (χ0) is 20.8. The molecule has 0 saturated carbocycles. The van der Waals surface area contributed by atoms with Gasteiger partial charge in [-0.05, 0) is 49.4 Å². The van der Waals surface area contributed by atoms with Crippen molar-refractivity contribution >= 4 is 34.6 Å². The molecule has 1 aliphatic carbocycles. The molecule has 0 unspecified atom stereocenters. The number of nitrogens with one attached hydrogen (secondary N) is 2. The number of urea groups is 1. The third-order valence-electron chi connectivity index (χ3n) is 4.59. The van der Waals surface area contributed by atoms with Crippen molar-refractivity contribution in [2.45, 2.75) is 25.7 Å². The van der Waals surface area contributed by atoms with E-state index in [1.54, 1.807) is 32.4 Å². The Bertz CT molecular complexity index is 938. The Hall–Kier alpha value is -3.07. The third kappa shape index (κ3) is 4.68. The first-order valence-corrected chi connectivity index (χ1v) is 9.94. The van der Waals surface area contributed by atoms with E-state index < -0.39 is 12.0 Å². The summed E-state index contributed by atoms with van der Waals surface area (Å²) < 4.78 is 15.4. The molecule has 0 spiro atoms. The number of nitrogens with zero attached hydrogens (tertiary/aromatic N) is 1. The Kier molecular flexibility index (Phi) is 6.71. The van der Waals surface area contributed by atoms with Crippen LogP contribution in [0.1, 0.15) is 39.2 Å². The smallest absolute Gasteiger partial charge is 0.341 e. The molecule has 1 aliphatic rings. The van der Waals surface area contributed by atoms with Gasteiger partial charge in [0, 0.05) is 10.4 Å². The molecule has 1 aromatic heterocycles. The van der Waals surface area contributed by atoms with Crippen LogP contribution >= 0.6 is 11.3 Å². The van der Waals surface area contributed by atoms with Crippen molar-refractivity contribution in [1.82, 2.24) is 5.43 Å². The third-order valence-corrected chi connectivity index (χ3v) is 5.80. The van der Waals surface area contributed by atoms with Gasteiger partial charge in [-0.2, -0.15) is 5.10 Å². The van der Waals surface area contributed by atoms with Crippen LogP contribution in [0, 0.1) is 0 Å². The van der Waals surface area contributed by atoms with E-state index in [0.717, 1.165) is 36.1 Å². The number of benzene rings is 1. The molecule has 8 nitrogen and oxygen atoms in total. The van der Waals surface area contributed by atoms with Gasteiger partial charge in [-0.3, -0.25) is 5.32 Å². The number of carbonyl (C=O) groups is 2. The fourth-order valence-electron chi connectivity index (χ4n) is 3.20. The molecule has 0 fully saturated rings. The van der Waals surface area contributed by atoms with Crippen LogP contribution in [-0.4, -0.2) is 39.5 Å². The Morgan fingerprint density at radius 2 is 1.93 bits per heavy atom. The molecule has 0 aliphatic heterocycles. The number of hydrogen-bond donors (Lipinski definition) is 2. The second-order valence-corrected chi connectivity index (χ2v) is 7.44. The summed E-state index contributed by atoms with van der Waals surface area (Å²) in [7, 11) is 4.45. The van der Waals surface area contributed by atoms with E-state index in [-0.39, 0.29) is 0 Å². The first-order chi connectivity index (χ1) is 14.1. The summed E-state index contributed by atoms with van der Waals surface area (Å²) in [5.41, 5.74) is 4.48. The monoisotopic (exact) mass is 417 g/mol. The lowest BCUT2D eigenvalue weighted by atomic mass is 9.95. The topological polar surface area (TPSA) is 98.2 Å². The summed E-state index contributed by atoms with van der Waals surface area (Å²) >= 11 is 1.41. The zero-order valence-electron chi connectivity index (χ0n) is 16.5. The van der Waals surface area contributed by atoms with Gasteiger partial charge in [0.1, 0.15) is 16.5 Å². The number of ether oxygens (including phenoxy) is 3. The Morgan fingerprint density at radius 3 is 2.66 bits per heavy atom. The molecule has 0 atom stereocenters. The van der Waals surface area contributed by atoms with Gasteiger partial charge < -0.3 is 14.2 Å². The summed E-state index contributed by atoms with van der Waals surface area (Å²) in [5, 5.41) is 7.16. The van der Waals surface area contributed by atoms with Crippen molar-refractivity contribution in [1.29, 1.82) is 0 Å². The molecular formula is C20H23N3O5S. The van der Waals surface area contributed by atoms with Gasteiger partial charge >= 0.3 is 12.0 Å². The van der Waals surface area contributed by atoms with Gasteiger partial charge in [-0.1, -0.05) is 0 Å². The second-order valence-electron chi connectivity index (χ2n) is 6.34. The number of esters is 1. The number of hydrazone groups is 1. The SMILES string of the molecule is COC(=O)c1c(NC(=O)NN=Cc2cc(OC)ccc2OC)sc2c1CCCC2. The summed E-state index contributed by atoms with van der Waals surface area (Å²) in [6.45, 7) is 0. The summed E-state index contributed by atoms with van der Waals surface area (Å²) in [4.78, 5) is 25.7. The van der Waals surface area contributed by atoms with Crippen molar-refractivity contribution in [3.63, 3.8) is 0 Å². The zero-order valence-corrected chi connectivity index (χ0v) is 17.4. The van der Waals surface area contributed by atoms with Crippen molar-refractivity contribution in [2.24, 2.45) is 5.10 Å². The molecule has 29 heavy (non-hydrogen) atoms. The number of fused-ring (bicyclic) bond motifs is 1. The van der Waals surface area contributed by atoms with Crippen LogP contribution < -0.4 is 20.2 Å². The number of thiophene rings is 1. The standard InChI is InChI=1S/C20H23N3O5S/c1-26-13-8-9-15(27-2)12(10-13)11-21-23-20(25)22-18-17(19(24)28-3)14-6-4-5-7-16(14)29-18/h8-11H,4-7H2,1-3H3,(H2,22,23,25). The summed E-state index contributed by atoms with van der Waals surface area (Å²) in [6.07, 6.45) is 5.27. The number of amides is 2. The molecule has 2 amide bonds. The minimum atomic E-state index is -0.549. The molecule has 1 aromatic carbocycles. The summed E-state index contributed by atoms with van der Waals surface area (Å²) in [6, 6.07) is 4.71. The van der Waals surface area contributed by atoms with Gasteiger partial charge in [-0.15, -0.1) is 11.3 Å². The van der Waals surface area contributed by atoms with E-state index in [9.17, 15) is 9.59 Å². The number of aryl methyl sites for hydroxylation is 1. The van der Waals surface area contributed by atoms with Gasteiger partial charge in [0.15, 0.2) is 0 Å². The maximum absolute atomic E-state index is 12.3. The van der Waals surface area contributed by atoms with E-state index in [0.29, 0.717) is 27.6 Å². The van der Waals surface area contributed by atoms with E-state index in [1.807, 2.05) is 0 Å². The van der Waals surface area contributed by atoms with Gasteiger partial charge in [0.25, 0.3) is 0 Å². The molecule has 9 heteroatoms. The maximum atomic E-state index is 12.3. The number of hydrogen-bond acceptors (Lipinski definition) is 7. The van der Waals surface area contributed by atoms with Crippen molar-refractivity contribution in [3.8, 4) is 11.5 Å². The lowest BCUT2D eigenvalue weighted by molar-refractivity contribution is 0.0601. The average molecular weight is 417 g/mol. The summed E-state index contributed by atoms with van der Waals surface area (Å²) in [5.74, 6) is 0.795. The second kappa shape index (κ2) is 9.42. The number of carbonyl (C=O) groups excluding carboxylic acids is 2. The van der Waals surface area contributed by atoms with E-state index in [1.165, 1.54) is 24.7 Å². The normalized spacial score (nSPS) is 12.9. The Balaban J connectivity index is 1.73. The number of rotatable bonds is 6. The van der Waals surface area contributed by atoms with Crippen LogP contribution in [0.5, 0.6) is 11.5 Å². The van der Waals surface area contributed by atoms with Gasteiger partial charge in [0.05, 0.1) is 33.1 Å². The van der Waals surface area contributed by atoms with Crippen LogP contribution in [-0.2, 0) is 17.6 Å². The van der Waals surface area contributed by atoms with Crippen molar-refractivity contribution < 1.29 is 23.8 Å². The predicted molar refractivity (Wildman–Crippen MR) is 112 cm³/mol. The molecule has 2 N–H and O–H groups in total. The lowest BCUT2D eigenvalue weighted by Crippen LogP contribution is -2.25. The minimum Gasteiger partial charge on any atom is -0.497 e. The molecule has 0 bridgehead atoms. The van der Waals surface area contributed by atoms with E-state index >= 15 is 0 Å². The molecule has 2 aromatic rings. The molecule has 0 saturated heterocycles. The minimum absolute atomic E-state index is 0.440. The first kappa shape index (κ1) is 20.7. The predicted octanol–water partition coefficient (Wildman–Crippen LogP) is 3.59. The highest BCUT2D eigenvalue weighted by Crippen LogP contribution is 2.38. The lowest BCUT2D eigenvalue weighted by Gasteiger charge is -2.11. The molecule has 3 rings (SSSR count). The van der Waals surface area contributed by atoms with Crippen molar-refractivity contribution in [2.75, 3.05) is 26.6 Å². The fourth-order valence-corrected chi connectivity index (χ4v) is 4.48. The van der Waals surface area contributed by atoms with Crippen LogP contribution in [0.3, 0.4) is 0 Å². The maximum Gasteiger partial charge on any atom is 0.341 e. The molecular weight excluding hydrogens is 394 g/mol. The van der Waals surface area contributed by atoms with Crippen LogP contribution in [0.15, 0.2) is 23.3 Å². The van der Waals surface area contributed by atoms with Crippen molar-refractivity contribution in [3.05, 3.63) is 39.8 Å². The highest BCUT2D eigenvalue weighted by atomic mass is 32.1.